The summed E-state index contributed by atoms with van der Waals surface area (Å²) in [5, 5.41) is 6.64. The van der Waals surface area contributed by atoms with Gasteiger partial charge < -0.3 is 15.4 Å². The maximum atomic E-state index is 5.23. The molecule has 2 N–H and O–H groups in total. The van der Waals surface area contributed by atoms with Crippen LogP contribution < -0.4 is 15.4 Å². The van der Waals surface area contributed by atoms with Crippen molar-refractivity contribution in [3.05, 3.63) is 29.8 Å². The van der Waals surface area contributed by atoms with E-state index in [2.05, 4.69) is 34.7 Å². The lowest BCUT2D eigenvalue weighted by atomic mass is 10.1. The smallest absolute Gasteiger partial charge is 0.190 e. The highest BCUT2D eigenvalue weighted by Gasteiger charge is 1.98. The summed E-state index contributed by atoms with van der Waals surface area (Å²) in [7, 11) is 3.51. The predicted molar refractivity (Wildman–Crippen MR) is 85.6 cm³/mol. The van der Waals surface area contributed by atoms with Gasteiger partial charge in [0.15, 0.2) is 5.96 Å². The Morgan fingerprint density at radius 3 is 2.60 bits per heavy atom. The van der Waals surface area contributed by atoms with Crippen LogP contribution in [0.15, 0.2) is 29.3 Å². The average Bonchev–Trinajstić information content (AvgIpc) is 2.50. The quantitative estimate of drug-likeness (QED) is 0.436. The Kier molecular flexibility index (Phi) is 8.27. The SMILES string of the molecule is CCCCNC(=NC)NCCCc1cccc(OC)c1. The second-order valence-corrected chi connectivity index (χ2v) is 4.73. The molecule has 0 aliphatic rings. The van der Waals surface area contributed by atoms with Crippen molar-refractivity contribution in [3.8, 4) is 5.75 Å². The van der Waals surface area contributed by atoms with E-state index in [0.29, 0.717) is 0 Å². The zero-order valence-corrected chi connectivity index (χ0v) is 12.9. The van der Waals surface area contributed by atoms with Gasteiger partial charge in [-0.15, -0.1) is 0 Å². The molecule has 0 spiro atoms. The van der Waals surface area contributed by atoms with Gasteiger partial charge in [-0.05, 0) is 37.0 Å². The molecule has 0 amide bonds. The van der Waals surface area contributed by atoms with Gasteiger partial charge in [-0.25, -0.2) is 0 Å². The summed E-state index contributed by atoms with van der Waals surface area (Å²) in [6, 6.07) is 8.24. The number of benzene rings is 1. The van der Waals surface area contributed by atoms with Crippen LogP contribution in [0.25, 0.3) is 0 Å². The van der Waals surface area contributed by atoms with E-state index in [0.717, 1.165) is 37.6 Å². The maximum absolute atomic E-state index is 5.23. The normalized spacial score (nSPS) is 11.2. The summed E-state index contributed by atoms with van der Waals surface area (Å²) in [5.74, 6) is 1.82. The van der Waals surface area contributed by atoms with Gasteiger partial charge in [-0.3, -0.25) is 4.99 Å². The molecule has 0 unspecified atom stereocenters. The van der Waals surface area contributed by atoms with Gasteiger partial charge in [0, 0.05) is 20.1 Å². The van der Waals surface area contributed by atoms with Crippen molar-refractivity contribution < 1.29 is 4.74 Å². The van der Waals surface area contributed by atoms with E-state index in [4.69, 9.17) is 4.74 Å². The van der Waals surface area contributed by atoms with Crippen molar-refractivity contribution >= 4 is 5.96 Å². The molecule has 0 fully saturated rings. The molecule has 0 bridgehead atoms. The Labute approximate surface area is 122 Å². The Balaban J connectivity index is 2.22. The summed E-state index contributed by atoms with van der Waals surface area (Å²) in [6.45, 7) is 4.08. The first-order valence-corrected chi connectivity index (χ1v) is 7.37. The van der Waals surface area contributed by atoms with Crippen LogP contribution in [0.2, 0.25) is 0 Å². The first-order valence-electron chi connectivity index (χ1n) is 7.37. The van der Waals surface area contributed by atoms with E-state index < -0.39 is 0 Å². The molecule has 0 radical (unpaired) electrons. The van der Waals surface area contributed by atoms with E-state index >= 15 is 0 Å². The standard InChI is InChI=1S/C16H27N3O/c1-4-5-11-18-16(17-2)19-12-7-9-14-8-6-10-15(13-14)20-3/h6,8,10,13H,4-5,7,9,11-12H2,1-3H3,(H2,17,18,19). The summed E-state index contributed by atoms with van der Waals surface area (Å²) in [6.07, 6.45) is 4.47. The van der Waals surface area contributed by atoms with Crippen LogP contribution in [0.3, 0.4) is 0 Å². The van der Waals surface area contributed by atoms with Crippen molar-refractivity contribution in [2.45, 2.75) is 32.6 Å². The van der Waals surface area contributed by atoms with Gasteiger partial charge in [-0.1, -0.05) is 25.5 Å². The molecule has 0 saturated heterocycles. The van der Waals surface area contributed by atoms with Crippen molar-refractivity contribution in [1.29, 1.82) is 0 Å². The molecule has 4 nitrogen and oxygen atoms in total. The van der Waals surface area contributed by atoms with E-state index in [9.17, 15) is 0 Å². The molecular formula is C16H27N3O. The van der Waals surface area contributed by atoms with Crippen LogP contribution in [0, 0.1) is 0 Å². The molecule has 0 aromatic heterocycles. The highest BCUT2D eigenvalue weighted by atomic mass is 16.5. The number of unbranched alkanes of at least 4 members (excludes halogenated alkanes) is 1. The molecule has 0 aliphatic carbocycles. The van der Waals surface area contributed by atoms with Gasteiger partial charge in [-0.2, -0.15) is 0 Å². The summed E-state index contributed by atoms with van der Waals surface area (Å²) < 4.78 is 5.23. The van der Waals surface area contributed by atoms with E-state index in [1.807, 2.05) is 19.2 Å². The van der Waals surface area contributed by atoms with Crippen molar-refractivity contribution in [2.24, 2.45) is 4.99 Å². The highest BCUT2D eigenvalue weighted by molar-refractivity contribution is 5.79. The molecule has 112 valence electrons. The molecule has 0 saturated carbocycles. The largest absolute Gasteiger partial charge is 0.497 e. The lowest BCUT2D eigenvalue weighted by Crippen LogP contribution is -2.38. The number of rotatable bonds is 8. The van der Waals surface area contributed by atoms with Gasteiger partial charge in [0.1, 0.15) is 5.75 Å². The minimum Gasteiger partial charge on any atom is -0.497 e. The Hall–Kier alpha value is -1.71. The van der Waals surface area contributed by atoms with Crippen LogP contribution in [0.1, 0.15) is 31.7 Å². The number of ether oxygens (including phenoxy) is 1. The van der Waals surface area contributed by atoms with Crippen LogP contribution in [-0.4, -0.2) is 33.2 Å². The Morgan fingerprint density at radius 1 is 1.20 bits per heavy atom. The number of hydrogen-bond donors (Lipinski definition) is 2. The third-order valence-electron chi connectivity index (χ3n) is 3.12. The van der Waals surface area contributed by atoms with Gasteiger partial charge in [0.25, 0.3) is 0 Å². The van der Waals surface area contributed by atoms with Crippen LogP contribution in [-0.2, 0) is 6.42 Å². The third-order valence-corrected chi connectivity index (χ3v) is 3.12. The molecule has 1 aromatic carbocycles. The molecule has 0 atom stereocenters. The number of methoxy groups -OCH3 is 1. The van der Waals surface area contributed by atoms with Crippen molar-refractivity contribution in [3.63, 3.8) is 0 Å². The lowest BCUT2D eigenvalue weighted by molar-refractivity contribution is 0.414. The highest BCUT2D eigenvalue weighted by Crippen LogP contribution is 2.13. The average molecular weight is 277 g/mol. The number of nitrogens with one attached hydrogen (secondary N) is 2. The van der Waals surface area contributed by atoms with Gasteiger partial charge >= 0.3 is 0 Å². The van der Waals surface area contributed by atoms with Gasteiger partial charge in [0.05, 0.1) is 7.11 Å². The summed E-state index contributed by atoms with van der Waals surface area (Å²) >= 11 is 0. The van der Waals surface area contributed by atoms with Crippen LogP contribution in [0.4, 0.5) is 0 Å². The fourth-order valence-electron chi connectivity index (χ4n) is 1.93. The predicted octanol–water partition coefficient (Wildman–Crippen LogP) is 2.59. The zero-order chi connectivity index (χ0) is 14.6. The van der Waals surface area contributed by atoms with E-state index in [1.165, 1.54) is 18.4 Å². The first kappa shape index (κ1) is 16.3. The van der Waals surface area contributed by atoms with Crippen LogP contribution in [0.5, 0.6) is 5.75 Å². The fourth-order valence-corrected chi connectivity index (χ4v) is 1.93. The molecule has 20 heavy (non-hydrogen) atoms. The molecule has 1 rings (SSSR count). The molecule has 4 heteroatoms. The minimum atomic E-state index is 0.893. The first-order chi connectivity index (χ1) is 9.80. The number of aliphatic imine (C=N–C) groups is 1. The Morgan fingerprint density at radius 2 is 1.95 bits per heavy atom. The number of aryl methyl sites for hydroxylation is 1. The van der Waals surface area contributed by atoms with Crippen molar-refractivity contribution in [2.75, 3.05) is 27.2 Å². The second kappa shape index (κ2) is 10.1. The fraction of sp³-hybridized carbons (Fsp3) is 0.562. The monoisotopic (exact) mass is 277 g/mol. The molecule has 1 aromatic rings. The van der Waals surface area contributed by atoms with E-state index in [1.54, 1.807) is 7.11 Å². The lowest BCUT2D eigenvalue weighted by Gasteiger charge is -2.11. The minimum absolute atomic E-state index is 0.893. The number of hydrogen-bond acceptors (Lipinski definition) is 2. The third kappa shape index (κ3) is 6.45. The van der Waals surface area contributed by atoms with Crippen molar-refractivity contribution in [1.82, 2.24) is 10.6 Å². The zero-order valence-electron chi connectivity index (χ0n) is 12.9. The summed E-state index contributed by atoms with van der Waals surface area (Å²) in [4.78, 5) is 4.21. The number of nitrogens with zero attached hydrogens (tertiary/aromatic N) is 1. The molecule has 0 heterocycles. The second-order valence-electron chi connectivity index (χ2n) is 4.73. The number of guanidine groups is 1. The maximum Gasteiger partial charge on any atom is 0.190 e. The topological polar surface area (TPSA) is 45.7 Å². The molecular weight excluding hydrogens is 250 g/mol. The van der Waals surface area contributed by atoms with E-state index in [-0.39, 0.29) is 0 Å². The van der Waals surface area contributed by atoms with Crippen LogP contribution >= 0.6 is 0 Å². The van der Waals surface area contributed by atoms with Gasteiger partial charge in [0.2, 0.25) is 0 Å². The Bertz CT molecular complexity index is 404. The summed E-state index contributed by atoms with van der Waals surface area (Å²) in [5.41, 5.74) is 1.31. The molecule has 0 aliphatic heterocycles.